The Hall–Kier alpha value is -1.74. The monoisotopic (exact) mass is 505 g/mol. The molecule has 1 aromatic carbocycles. The highest BCUT2D eigenvalue weighted by molar-refractivity contribution is 6.42. The van der Waals surface area contributed by atoms with E-state index in [0.717, 1.165) is 0 Å². The van der Waals surface area contributed by atoms with Gasteiger partial charge >= 0.3 is 12.1 Å². The molecular formula is C23H33Cl2NO7. The van der Waals surface area contributed by atoms with Crippen LogP contribution in [-0.4, -0.2) is 63.3 Å². The maximum Gasteiger partial charge on any atom is 0.410 e. The lowest BCUT2D eigenvalue weighted by Gasteiger charge is -2.30. The number of hydrogen-bond acceptors (Lipinski definition) is 7. The lowest BCUT2D eigenvalue weighted by atomic mass is 9.89. The largest absolute Gasteiger partial charge is 0.467 e. The van der Waals surface area contributed by atoms with Crippen LogP contribution in [-0.2, 0) is 23.7 Å². The van der Waals surface area contributed by atoms with E-state index in [9.17, 15) is 9.59 Å². The fourth-order valence-electron chi connectivity index (χ4n) is 3.89. The molecule has 0 bridgehead atoms. The van der Waals surface area contributed by atoms with Crippen LogP contribution in [0.25, 0.3) is 0 Å². The molecule has 1 fully saturated rings. The highest BCUT2D eigenvalue weighted by atomic mass is 35.5. The van der Waals surface area contributed by atoms with Gasteiger partial charge in [0, 0.05) is 26.3 Å². The third kappa shape index (κ3) is 7.12. The van der Waals surface area contributed by atoms with E-state index in [1.54, 1.807) is 44.7 Å². The van der Waals surface area contributed by atoms with E-state index in [2.05, 4.69) is 0 Å². The number of ether oxygens (including phenoxy) is 5. The molecule has 10 heteroatoms. The second-order valence-corrected chi connectivity index (χ2v) is 9.57. The molecule has 33 heavy (non-hydrogen) atoms. The van der Waals surface area contributed by atoms with Crippen LogP contribution in [0, 0.1) is 11.8 Å². The van der Waals surface area contributed by atoms with Gasteiger partial charge in [-0.3, -0.25) is 4.79 Å². The van der Waals surface area contributed by atoms with Gasteiger partial charge < -0.3 is 28.6 Å². The van der Waals surface area contributed by atoms with Crippen molar-refractivity contribution in [2.75, 3.05) is 40.8 Å². The average Bonchev–Trinajstić information content (AvgIpc) is 3.16. The van der Waals surface area contributed by atoms with Gasteiger partial charge in [-0.05, 0) is 52.2 Å². The highest BCUT2D eigenvalue weighted by Gasteiger charge is 2.45. The molecule has 0 radical (unpaired) electrons. The van der Waals surface area contributed by atoms with E-state index in [4.69, 9.17) is 46.9 Å². The molecule has 0 aromatic heterocycles. The predicted molar refractivity (Wildman–Crippen MR) is 125 cm³/mol. The number of esters is 1. The third-order valence-corrected chi connectivity index (χ3v) is 6.04. The van der Waals surface area contributed by atoms with Gasteiger partial charge in [0.25, 0.3) is 0 Å². The summed E-state index contributed by atoms with van der Waals surface area (Å²) >= 11 is 12.9. The summed E-state index contributed by atoms with van der Waals surface area (Å²) < 4.78 is 27.0. The first-order valence-electron chi connectivity index (χ1n) is 10.8. The number of rotatable bonds is 9. The first-order valence-corrected chi connectivity index (χ1v) is 11.5. The molecule has 186 valence electrons. The normalized spacial score (nSPS) is 19.3. The number of carbonyl (C=O) groups is 2. The first-order chi connectivity index (χ1) is 15.5. The summed E-state index contributed by atoms with van der Waals surface area (Å²) in [4.78, 5) is 27.4. The van der Waals surface area contributed by atoms with Crippen LogP contribution in [0.2, 0.25) is 10.0 Å². The molecule has 1 aliphatic heterocycles. The first kappa shape index (κ1) is 27.5. The van der Waals surface area contributed by atoms with E-state index < -0.39 is 23.7 Å². The van der Waals surface area contributed by atoms with Crippen molar-refractivity contribution in [2.45, 2.75) is 45.8 Å². The van der Waals surface area contributed by atoms with Gasteiger partial charge in [0.1, 0.15) is 11.4 Å². The Bertz CT molecular complexity index is 828. The third-order valence-electron chi connectivity index (χ3n) is 5.22. The molecule has 2 rings (SSSR count). The van der Waals surface area contributed by atoms with Crippen molar-refractivity contribution in [1.29, 1.82) is 0 Å². The van der Waals surface area contributed by atoms with Gasteiger partial charge in [-0.15, -0.1) is 0 Å². The van der Waals surface area contributed by atoms with Crippen molar-refractivity contribution in [2.24, 2.45) is 11.8 Å². The molecule has 8 nitrogen and oxygen atoms in total. The number of hydrogen-bond donors (Lipinski definition) is 0. The summed E-state index contributed by atoms with van der Waals surface area (Å²) in [7, 11) is 3.03. The molecule has 1 heterocycles. The fraction of sp³-hybridized carbons (Fsp3) is 0.652. The lowest BCUT2D eigenvalue weighted by molar-refractivity contribution is -0.152. The number of methoxy groups -OCH3 is 2. The average molecular weight is 506 g/mol. The zero-order valence-corrected chi connectivity index (χ0v) is 21.5. The van der Waals surface area contributed by atoms with E-state index in [-0.39, 0.29) is 43.5 Å². The van der Waals surface area contributed by atoms with Gasteiger partial charge in [-0.2, -0.15) is 0 Å². The summed E-state index contributed by atoms with van der Waals surface area (Å²) in [5, 5.41) is 0.590. The molecule has 1 amide bonds. The molecule has 3 atom stereocenters. The Labute approximate surface area is 205 Å². The molecule has 0 aliphatic carbocycles. The van der Waals surface area contributed by atoms with Gasteiger partial charge in [-0.25, -0.2) is 4.79 Å². The smallest absolute Gasteiger partial charge is 0.410 e. The van der Waals surface area contributed by atoms with Crippen molar-refractivity contribution < 1.29 is 33.3 Å². The Balaban J connectivity index is 2.51. The van der Waals surface area contributed by atoms with E-state index in [1.165, 1.54) is 14.2 Å². The second kappa shape index (κ2) is 12.1. The van der Waals surface area contributed by atoms with Crippen molar-refractivity contribution >= 4 is 35.3 Å². The number of carbonyl (C=O) groups excluding carboxylic acids is 2. The summed E-state index contributed by atoms with van der Waals surface area (Å²) in [6.07, 6.45) is -0.112. The molecule has 0 spiro atoms. The molecule has 1 aromatic rings. The lowest BCUT2D eigenvalue weighted by Crippen LogP contribution is -2.38. The zero-order valence-electron chi connectivity index (χ0n) is 20.0. The number of likely N-dealkylation sites (tertiary alicyclic amines) is 1. The second-order valence-electron chi connectivity index (χ2n) is 8.78. The van der Waals surface area contributed by atoms with Crippen molar-refractivity contribution in [1.82, 2.24) is 4.90 Å². The Kier molecular flexibility index (Phi) is 10.1. The van der Waals surface area contributed by atoms with E-state index >= 15 is 0 Å². The summed E-state index contributed by atoms with van der Waals surface area (Å²) in [5.41, 5.74) is -0.171. The van der Waals surface area contributed by atoms with Gasteiger partial charge in [-0.1, -0.05) is 23.2 Å². The molecular weight excluding hydrogens is 473 g/mol. The maximum atomic E-state index is 13.2. The number of amides is 1. The van der Waals surface area contributed by atoms with Crippen molar-refractivity contribution in [3.63, 3.8) is 0 Å². The fourth-order valence-corrected chi connectivity index (χ4v) is 4.34. The Morgan fingerprint density at radius 3 is 2.45 bits per heavy atom. The van der Waals surface area contributed by atoms with Crippen LogP contribution in [0.4, 0.5) is 4.79 Å². The minimum absolute atomic E-state index is 0.0112. The highest BCUT2D eigenvalue weighted by Crippen LogP contribution is 2.47. The van der Waals surface area contributed by atoms with Gasteiger partial charge in [0.15, 0.2) is 6.79 Å². The zero-order chi connectivity index (χ0) is 24.8. The molecule has 1 saturated heterocycles. The van der Waals surface area contributed by atoms with Crippen LogP contribution in [0.1, 0.15) is 45.7 Å². The number of nitrogens with zero attached hydrogens (tertiary/aromatic N) is 1. The standard InChI is InChI=1S/C23H33Cl2NO7/c1-7-31-21(27)15(12-29-5)14-10-17(26(11-14)22(28)33-23(2,3)4)19-18(32-13-30-6)9-8-16(24)20(19)25/h8-9,14-15,17H,7,10-13H2,1-6H3/t14-,15?,17-/m1/s1. The van der Waals surface area contributed by atoms with Crippen molar-refractivity contribution in [3.8, 4) is 5.75 Å². The van der Waals surface area contributed by atoms with Crippen LogP contribution < -0.4 is 4.74 Å². The van der Waals surface area contributed by atoms with Crippen molar-refractivity contribution in [3.05, 3.63) is 27.7 Å². The summed E-state index contributed by atoms with van der Waals surface area (Å²) in [5.74, 6) is -0.759. The molecule has 0 saturated carbocycles. The van der Waals surface area contributed by atoms with Crippen LogP contribution in [0.5, 0.6) is 5.75 Å². The summed E-state index contributed by atoms with van der Waals surface area (Å²) in [6.45, 7) is 7.77. The van der Waals surface area contributed by atoms with Crippen LogP contribution in [0.15, 0.2) is 12.1 Å². The minimum atomic E-state index is -0.708. The Morgan fingerprint density at radius 1 is 1.18 bits per heavy atom. The van der Waals surface area contributed by atoms with Gasteiger partial charge in [0.05, 0.1) is 35.2 Å². The summed E-state index contributed by atoms with van der Waals surface area (Å²) in [6, 6.07) is 2.76. The van der Waals surface area contributed by atoms with Crippen LogP contribution in [0.3, 0.4) is 0 Å². The van der Waals surface area contributed by atoms with E-state index in [0.29, 0.717) is 22.8 Å². The van der Waals surface area contributed by atoms with Crippen LogP contribution >= 0.6 is 23.2 Å². The number of halogens is 2. The quantitative estimate of drug-likeness (QED) is 0.340. The SMILES string of the molecule is CCOC(=O)C(COC)[C@@H]1C[C@H](c2c(OCOC)ccc(Cl)c2Cl)N(C(=O)OC(C)(C)C)C1. The molecule has 1 aliphatic rings. The minimum Gasteiger partial charge on any atom is -0.467 e. The molecule has 1 unspecified atom stereocenters. The van der Waals surface area contributed by atoms with Gasteiger partial charge in [0.2, 0.25) is 0 Å². The molecule has 0 N–H and O–H groups in total. The Morgan fingerprint density at radius 2 is 1.88 bits per heavy atom. The maximum absolute atomic E-state index is 13.2. The van der Waals surface area contributed by atoms with E-state index in [1.807, 2.05) is 0 Å². The number of benzene rings is 1. The predicted octanol–water partition coefficient (Wildman–Crippen LogP) is 5.10. The topological polar surface area (TPSA) is 83.5 Å².